The van der Waals surface area contributed by atoms with Gasteiger partial charge in [-0.3, -0.25) is 14.7 Å². The normalized spacial score (nSPS) is 17.5. The van der Waals surface area contributed by atoms with E-state index in [0.717, 1.165) is 38.3 Å². The Labute approximate surface area is 126 Å². The molecule has 2 rings (SSSR count). The molecule has 1 amide bonds. The Morgan fingerprint density at radius 2 is 2.14 bits per heavy atom. The van der Waals surface area contributed by atoms with Gasteiger partial charge < -0.3 is 16.0 Å². The second kappa shape index (κ2) is 7.26. The lowest BCUT2D eigenvalue weighted by atomic mass is 10.2. The number of nitrogen functional groups attached to an aromatic ring is 1. The van der Waals surface area contributed by atoms with Crippen LogP contribution in [0.3, 0.4) is 0 Å². The van der Waals surface area contributed by atoms with Crippen LogP contribution in [0, 0.1) is 0 Å². The number of hydrogen-bond acceptors (Lipinski definition) is 5. The van der Waals surface area contributed by atoms with Crippen LogP contribution in [0.1, 0.15) is 20.3 Å². The van der Waals surface area contributed by atoms with E-state index in [-0.39, 0.29) is 11.9 Å². The number of carbonyl (C=O) groups is 1. The molecule has 0 aromatic carbocycles. The first kappa shape index (κ1) is 15.6. The number of aromatic nitrogens is 1. The summed E-state index contributed by atoms with van der Waals surface area (Å²) in [5.41, 5.74) is 7.70. The standard InChI is InChI=1S/C15H25N5O/c1-3-12(2)18-15(21)11-19-6-8-20(9-7-19)14-4-5-17-10-13(14)16/h4-5,10,12H,3,6-9,11,16H2,1-2H3,(H,18,21). The summed E-state index contributed by atoms with van der Waals surface area (Å²) in [6.07, 6.45) is 4.40. The fourth-order valence-corrected chi connectivity index (χ4v) is 2.46. The molecular weight excluding hydrogens is 266 g/mol. The van der Waals surface area contributed by atoms with Crippen molar-refractivity contribution in [2.45, 2.75) is 26.3 Å². The predicted octanol–water partition coefficient (Wildman–Crippen LogP) is 0.701. The minimum absolute atomic E-state index is 0.112. The molecule has 1 atom stereocenters. The Balaban J connectivity index is 1.81. The third-order valence-electron chi connectivity index (χ3n) is 3.93. The molecule has 1 aromatic rings. The van der Waals surface area contributed by atoms with Crippen molar-refractivity contribution < 1.29 is 4.79 Å². The molecule has 1 saturated heterocycles. The highest BCUT2D eigenvalue weighted by Gasteiger charge is 2.20. The van der Waals surface area contributed by atoms with Crippen molar-refractivity contribution in [3.05, 3.63) is 18.5 Å². The zero-order valence-corrected chi connectivity index (χ0v) is 12.9. The average Bonchev–Trinajstić information content (AvgIpc) is 2.48. The van der Waals surface area contributed by atoms with Crippen molar-refractivity contribution in [3.63, 3.8) is 0 Å². The topological polar surface area (TPSA) is 74.5 Å². The van der Waals surface area contributed by atoms with Crippen molar-refractivity contribution in [3.8, 4) is 0 Å². The van der Waals surface area contributed by atoms with Crippen LogP contribution in [0.5, 0.6) is 0 Å². The molecule has 1 unspecified atom stereocenters. The molecule has 1 fully saturated rings. The molecule has 0 aliphatic carbocycles. The fraction of sp³-hybridized carbons (Fsp3) is 0.600. The molecule has 2 heterocycles. The lowest BCUT2D eigenvalue weighted by Crippen LogP contribution is -2.50. The number of nitrogens with two attached hydrogens (primary N) is 1. The SMILES string of the molecule is CCC(C)NC(=O)CN1CCN(c2ccncc2N)CC1. The van der Waals surface area contributed by atoms with Crippen molar-refractivity contribution in [1.29, 1.82) is 0 Å². The van der Waals surface area contributed by atoms with E-state index >= 15 is 0 Å². The molecular formula is C15H25N5O. The number of nitrogens with one attached hydrogen (secondary N) is 1. The molecule has 0 bridgehead atoms. The molecule has 1 aromatic heterocycles. The van der Waals surface area contributed by atoms with Gasteiger partial charge in [-0.05, 0) is 19.4 Å². The maximum atomic E-state index is 11.9. The molecule has 3 N–H and O–H groups in total. The van der Waals surface area contributed by atoms with Crippen LogP contribution in [0.15, 0.2) is 18.5 Å². The monoisotopic (exact) mass is 291 g/mol. The van der Waals surface area contributed by atoms with Crippen LogP contribution >= 0.6 is 0 Å². The van der Waals surface area contributed by atoms with Crippen LogP contribution in [-0.4, -0.2) is 54.6 Å². The minimum Gasteiger partial charge on any atom is -0.396 e. The Kier molecular flexibility index (Phi) is 5.38. The first-order chi connectivity index (χ1) is 10.1. The smallest absolute Gasteiger partial charge is 0.234 e. The quantitative estimate of drug-likeness (QED) is 0.835. The van der Waals surface area contributed by atoms with Gasteiger partial charge in [-0.1, -0.05) is 6.92 Å². The first-order valence-corrected chi connectivity index (χ1v) is 7.56. The van der Waals surface area contributed by atoms with Gasteiger partial charge in [0.2, 0.25) is 5.91 Å². The third kappa shape index (κ3) is 4.32. The number of piperazine rings is 1. The van der Waals surface area contributed by atoms with Gasteiger partial charge >= 0.3 is 0 Å². The minimum atomic E-state index is 0.112. The van der Waals surface area contributed by atoms with E-state index in [1.165, 1.54) is 0 Å². The molecule has 1 aliphatic heterocycles. The van der Waals surface area contributed by atoms with Crippen molar-refractivity contribution in [2.75, 3.05) is 43.4 Å². The van der Waals surface area contributed by atoms with Crippen molar-refractivity contribution in [2.24, 2.45) is 0 Å². The largest absolute Gasteiger partial charge is 0.396 e. The van der Waals surface area contributed by atoms with Crippen molar-refractivity contribution in [1.82, 2.24) is 15.2 Å². The van der Waals surface area contributed by atoms with Gasteiger partial charge in [0, 0.05) is 38.4 Å². The van der Waals surface area contributed by atoms with E-state index in [4.69, 9.17) is 5.73 Å². The summed E-state index contributed by atoms with van der Waals surface area (Å²) >= 11 is 0. The van der Waals surface area contributed by atoms with E-state index in [1.807, 2.05) is 13.0 Å². The van der Waals surface area contributed by atoms with Gasteiger partial charge in [0.15, 0.2) is 0 Å². The fourth-order valence-electron chi connectivity index (χ4n) is 2.46. The van der Waals surface area contributed by atoms with E-state index < -0.39 is 0 Å². The lowest BCUT2D eigenvalue weighted by Gasteiger charge is -2.36. The maximum Gasteiger partial charge on any atom is 0.234 e. The Morgan fingerprint density at radius 3 is 2.76 bits per heavy atom. The molecule has 21 heavy (non-hydrogen) atoms. The summed E-state index contributed by atoms with van der Waals surface area (Å²) in [5, 5.41) is 3.01. The number of hydrogen-bond donors (Lipinski definition) is 2. The van der Waals surface area contributed by atoms with Gasteiger partial charge in [-0.25, -0.2) is 0 Å². The van der Waals surface area contributed by atoms with Crippen LogP contribution < -0.4 is 16.0 Å². The molecule has 6 nitrogen and oxygen atoms in total. The number of amides is 1. The number of carbonyl (C=O) groups excluding carboxylic acids is 1. The van der Waals surface area contributed by atoms with E-state index in [9.17, 15) is 4.79 Å². The Bertz CT molecular complexity index is 471. The van der Waals surface area contributed by atoms with Crippen LogP contribution in [-0.2, 0) is 4.79 Å². The summed E-state index contributed by atoms with van der Waals surface area (Å²) in [4.78, 5) is 20.3. The van der Waals surface area contributed by atoms with Crippen LogP contribution in [0.2, 0.25) is 0 Å². The van der Waals surface area contributed by atoms with E-state index in [2.05, 4.69) is 27.0 Å². The third-order valence-corrected chi connectivity index (χ3v) is 3.93. The Hall–Kier alpha value is -1.82. The van der Waals surface area contributed by atoms with Gasteiger partial charge in [0.05, 0.1) is 24.1 Å². The van der Waals surface area contributed by atoms with Crippen LogP contribution in [0.4, 0.5) is 11.4 Å². The highest BCUT2D eigenvalue weighted by molar-refractivity contribution is 5.78. The summed E-state index contributed by atoms with van der Waals surface area (Å²) in [6, 6.07) is 2.19. The van der Waals surface area contributed by atoms with E-state index in [0.29, 0.717) is 12.2 Å². The molecule has 0 saturated carbocycles. The first-order valence-electron chi connectivity index (χ1n) is 7.56. The summed E-state index contributed by atoms with van der Waals surface area (Å²) < 4.78 is 0. The second-order valence-corrected chi connectivity index (χ2v) is 5.57. The highest BCUT2D eigenvalue weighted by Crippen LogP contribution is 2.22. The second-order valence-electron chi connectivity index (χ2n) is 5.57. The highest BCUT2D eigenvalue weighted by atomic mass is 16.2. The zero-order valence-electron chi connectivity index (χ0n) is 12.9. The van der Waals surface area contributed by atoms with E-state index in [1.54, 1.807) is 12.4 Å². The molecule has 0 spiro atoms. The maximum absolute atomic E-state index is 11.9. The lowest BCUT2D eigenvalue weighted by molar-refractivity contribution is -0.122. The Morgan fingerprint density at radius 1 is 1.43 bits per heavy atom. The zero-order chi connectivity index (χ0) is 15.2. The number of pyridine rings is 1. The molecule has 1 aliphatic rings. The molecule has 0 radical (unpaired) electrons. The predicted molar refractivity (Wildman–Crippen MR) is 85.2 cm³/mol. The summed E-state index contributed by atoms with van der Waals surface area (Å²) in [5.74, 6) is 0.112. The summed E-state index contributed by atoms with van der Waals surface area (Å²) in [7, 11) is 0. The number of nitrogens with zero attached hydrogens (tertiary/aromatic N) is 3. The van der Waals surface area contributed by atoms with Gasteiger partial charge in [0.1, 0.15) is 0 Å². The number of anilines is 2. The number of rotatable bonds is 5. The van der Waals surface area contributed by atoms with Gasteiger partial charge in [-0.2, -0.15) is 0 Å². The van der Waals surface area contributed by atoms with Crippen LogP contribution in [0.25, 0.3) is 0 Å². The molecule has 6 heteroatoms. The average molecular weight is 291 g/mol. The molecule has 116 valence electrons. The van der Waals surface area contributed by atoms with Crippen molar-refractivity contribution >= 4 is 17.3 Å². The van der Waals surface area contributed by atoms with Gasteiger partial charge in [-0.15, -0.1) is 0 Å². The summed E-state index contributed by atoms with van der Waals surface area (Å²) in [6.45, 7) is 8.08. The van der Waals surface area contributed by atoms with Gasteiger partial charge in [0.25, 0.3) is 0 Å².